The summed E-state index contributed by atoms with van der Waals surface area (Å²) >= 11 is 0. The van der Waals surface area contributed by atoms with Gasteiger partial charge in [0.25, 0.3) is 0 Å². The molecule has 1 aliphatic heterocycles. The molecule has 0 unspecified atom stereocenters. The van der Waals surface area contributed by atoms with E-state index in [2.05, 4.69) is 6.07 Å². The molecule has 3 rings (SSSR count). The summed E-state index contributed by atoms with van der Waals surface area (Å²) in [6.45, 7) is 0.622. The average molecular weight is 325 g/mol. The number of sulfone groups is 1. The molecular formula is C16H23NO4S. The maximum atomic E-state index is 11.3. The molecule has 0 aromatic heterocycles. The molecule has 2 aliphatic rings. The van der Waals surface area contributed by atoms with Gasteiger partial charge in [0.2, 0.25) is 0 Å². The highest BCUT2D eigenvalue weighted by molar-refractivity contribution is 7.92. The summed E-state index contributed by atoms with van der Waals surface area (Å²) in [7, 11) is -1.31. The number of hydrogen-bond donors (Lipinski definition) is 1. The van der Waals surface area contributed by atoms with E-state index in [1.807, 2.05) is 12.1 Å². The van der Waals surface area contributed by atoms with Gasteiger partial charge in [-0.2, -0.15) is 0 Å². The summed E-state index contributed by atoms with van der Waals surface area (Å²) in [5.74, 6) is 1.43. The van der Waals surface area contributed by atoms with Crippen LogP contribution in [0.1, 0.15) is 31.2 Å². The van der Waals surface area contributed by atoms with Crippen molar-refractivity contribution < 1.29 is 17.9 Å². The van der Waals surface area contributed by atoms with Crippen LogP contribution in [0, 0.1) is 0 Å². The minimum absolute atomic E-state index is 0.0239. The zero-order chi connectivity index (χ0) is 15.8. The average Bonchev–Trinajstić information content (AvgIpc) is 2.95. The molecule has 122 valence electrons. The Labute approximate surface area is 131 Å². The van der Waals surface area contributed by atoms with Gasteiger partial charge < -0.3 is 15.2 Å². The van der Waals surface area contributed by atoms with E-state index in [0.717, 1.165) is 12.8 Å². The van der Waals surface area contributed by atoms with Gasteiger partial charge in [-0.1, -0.05) is 18.9 Å². The van der Waals surface area contributed by atoms with E-state index < -0.39 is 9.84 Å². The third-order valence-corrected chi connectivity index (χ3v) is 6.66. The predicted molar refractivity (Wildman–Crippen MR) is 85.3 cm³/mol. The summed E-state index contributed by atoms with van der Waals surface area (Å²) in [5.41, 5.74) is 7.24. The molecule has 0 radical (unpaired) electrons. The van der Waals surface area contributed by atoms with Gasteiger partial charge in [-0.15, -0.1) is 0 Å². The van der Waals surface area contributed by atoms with Crippen molar-refractivity contribution in [3.8, 4) is 11.5 Å². The fourth-order valence-electron chi connectivity index (χ4n) is 3.53. The van der Waals surface area contributed by atoms with Crippen LogP contribution in [0.15, 0.2) is 18.2 Å². The minimum atomic E-state index is -2.90. The highest BCUT2D eigenvalue weighted by Gasteiger charge is 2.37. The number of benzene rings is 1. The van der Waals surface area contributed by atoms with Crippen LogP contribution in [0.2, 0.25) is 0 Å². The van der Waals surface area contributed by atoms with Crippen LogP contribution in [0.4, 0.5) is 0 Å². The van der Waals surface area contributed by atoms with Crippen LogP contribution in [0.5, 0.6) is 11.5 Å². The molecule has 1 saturated heterocycles. The third-order valence-electron chi connectivity index (χ3n) is 4.90. The molecule has 0 atom stereocenters. The topological polar surface area (TPSA) is 78.6 Å². The second-order valence-electron chi connectivity index (χ2n) is 6.37. The Morgan fingerprint density at radius 2 is 1.91 bits per heavy atom. The second-order valence-corrected chi connectivity index (χ2v) is 8.53. The van der Waals surface area contributed by atoms with Gasteiger partial charge in [0, 0.05) is 12.0 Å². The van der Waals surface area contributed by atoms with Crippen molar-refractivity contribution in [1.29, 1.82) is 0 Å². The number of nitrogens with two attached hydrogens (primary N) is 1. The Balaban J connectivity index is 1.86. The van der Waals surface area contributed by atoms with E-state index in [4.69, 9.17) is 15.2 Å². The van der Waals surface area contributed by atoms with E-state index in [-0.39, 0.29) is 23.0 Å². The van der Waals surface area contributed by atoms with Crippen molar-refractivity contribution in [2.24, 2.45) is 5.73 Å². The van der Waals surface area contributed by atoms with Crippen molar-refractivity contribution in [2.45, 2.75) is 37.2 Å². The maximum absolute atomic E-state index is 11.3. The van der Waals surface area contributed by atoms with Gasteiger partial charge in [-0.25, -0.2) is 8.42 Å². The van der Waals surface area contributed by atoms with Crippen LogP contribution in [0.3, 0.4) is 0 Å². The molecular weight excluding hydrogens is 302 g/mol. The minimum Gasteiger partial charge on any atom is -0.493 e. The highest BCUT2D eigenvalue weighted by Crippen LogP contribution is 2.43. The smallest absolute Gasteiger partial charge is 0.161 e. The van der Waals surface area contributed by atoms with E-state index >= 15 is 0 Å². The molecule has 6 heteroatoms. The standard InChI is InChI=1S/C16H23NO4S/c1-20-14-5-4-12(16(11-17)6-2-3-7-16)8-15(14)21-13-9-22(18,19)10-13/h4-5,8,13H,2-3,6-7,9-11,17H2,1H3. The lowest BCUT2D eigenvalue weighted by atomic mass is 9.79. The van der Waals surface area contributed by atoms with E-state index in [9.17, 15) is 8.42 Å². The van der Waals surface area contributed by atoms with Gasteiger partial charge in [0.15, 0.2) is 21.3 Å². The molecule has 1 aliphatic carbocycles. The Morgan fingerprint density at radius 1 is 1.23 bits per heavy atom. The van der Waals surface area contributed by atoms with E-state index in [1.54, 1.807) is 7.11 Å². The lowest BCUT2D eigenvalue weighted by Gasteiger charge is -2.31. The maximum Gasteiger partial charge on any atom is 0.161 e. The van der Waals surface area contributed by atoms with Gasteiger partial charge in [-0.05, 0) is 30.5 Å². The first-order valence-corrected chi connectivity index (χ1v) is 9.56. The summed E-state index contributed by atoms with van der Waals surface area (Å²) in [5, 5.41) is 0. The monoisotopic (exact) mass is 325 g/mol. The summed E-state index contributed by atoms with van der Waals surface area (Å²) in [4.78, 5) is 0. The molecule has 22 heavy (non-hydrogen) atoms. The van der Waals surface area contributed by atoms with Crippen LogP contribution < -0.4 is 15.2 Å². The van der Waals surface area contributed by atoms with Crippen LogP contribution in [0.25, 0.3) is 0 Å². The summed E-state index contributed by atoms with van der Waals surface area (Å²) < 4.78 is 33.8. The Kier molecular flexibility index (Phi) is 4.07. The normalized spacial score (nSPS) is 23.0. The Hall–Kier alpha value is -1.27. The lowest BCUT2D eigenvalue weighted by Crippen LogP contribution is -2.45. The van der Waals surface area contributed by atoms with Crippen molar-refractivity contribution in [3.63, 3.8) is 0 Å². The molecule has 1 aromatic rings. The first-order chi connectivity index (χ1) is 10.5. The fourth-order valence-corrected chi connectivity index (χ4v) is 4.70. The molecule has 0 spiro atoms. The summed E-state index contributed by atoms with van der Waals surface area (Å²) in [6.07, 6.45) is 4.30. The van der Waals surface area contributed by atoms with Crippen molar-refractivity contribution in [3.05, 3.63) is 23.8 Å². The number of hydrogen-bond acceptors (Lipinski definition) is 5. The Bertz CT molecular complexity index is 638. The molecule has 0 bridgehead atoms. The SMILES string of the molecule is COc1ccc(C2(CN)CCCC2)cc1OC1CS(=O)(=O)C1. The van der Waals surface area contributed by atoms with Crippen LogP contribution >= 0.6 is 0 Å². The molecule has 0 amide bonds. The second kappa shape index (κ2) is 5.74. The zero-order valence-electron chi connectivity index (χ0n) is 12.9. The number of methoxy groups -OCH3 is 1. The van der Waals surface area contributed by atoms with Gasteiger partial charge in [0.05, 0.1) is 18.6 Å². The fraction of sp³-hybridized carbons (Fsp3) is 0.625. The largest absolute Gasteiger partial charge is 0.493 e. The number of ether oxygens (including phenoxy) is 2. The zero-order valence-corrected chi connectivity index (χ0v) is 13.7. The predicted octanol–water partition coefficient (Wildman–Crippen LogP) is 1.64. The molecule has 2 fully saturated rings. The summed E-state index contributed by atoms with van der Waals surface area (Å²) in [6, 6.07) is 5.94. The van der Waals surface area contributed by atoms with Crippen molar-refractivity contribution in [2.75, 3.05) is 25.2 Å². The van der Waals surface area contributed by atoms with Gasteiger partial charge >= 0.3 is 0 Å². The van der Waals surface area contributed by atoms with Crippen molar-refractivity contribution in [1.82, 2.24) is 0 Å². The molecule has 1 aromatic carbocycles. The third kappa shape index (κ3) is 2.82. The van der Waals surface area contributed by atoms with Crippen LogP contribution in [-0.4, -0.2) is 39.7 Å². The number of rotatable bonds is 5. The first kappa shape index (κ1) is 15.6. The molecule has 2 N–H and O–H groups in total. The van der Waals surface area contributed by atoms with E-state index in [0.29, 0.717) is 18.0 Å². The first-order valence-electron chi connectivity index (χ1n) is 7.74. The molecule has 1 heterocycles. The molecule has 1 saturated carbocycles. The van der Waals surface area contributed by atoms with Crippen molar-refractivity contribution >= 4 is 9.84 Å². The molecule has 5 nitrogen and oxygen atoms in total. The Morgan fingerprint density at radius 3 is 2.45 bits per heavy atom. The van der Waals surface area contributed by atoms with E-state index in [1.165, 1.54) is 18.4 Å². The quantitative estimate of drug-likeness (QED) is 0.890. The van der Waals surface area contributed by atoms with Gasteiger partial charge in [-0.3, -0.25) is 0 Å². The van der Waals surface area contributed by atoms with Crippen LogP contribution in [-0.2, 0) is 15.3 Å². The lowest BCUT2D eigenvalue weighted by molar-refractivity contribution is 0.219. The highest BCUT2D eigenvalue weighted by atomic mass is 32.2. The van der Waals surface area contributed by atoms with Gasteiger partial charge in [0.1, 0.15) is 6.10 Å².